The van der Waals surface area contributed by atoms with E-state index in [0.29, 0.717) is 24.5 Å². The molecule has 9 heteroatoms. The van der Waals surface area contributed by atoms with Crippen LogP contribution in [0.4, 0.5) is 5.69 Å². The molecule has 0 saturated heterocycles. The van der Waals surface area contributed by atoms with Gasteiger partial charge in [-0.3, -0.25) is 14.4 Å². The van der Waals surface area contributed by atoms with Crippen molar-refractivity contribution in [2.45, 2.75) is 18.5 Å². The van der Waals surface area contributed by atoms with E-state index in [9.17, 15) is 14.4 Å². The van der Waals surface area contributed by atoms with E-state index in [1.807, 2.05) is 6.92 Å². The molecule has 2 aromatic rings. The van der Waals surface area contributed by atoms with Gasteiger partial charge in [-0.2, -0.15) is 0 Å². The van der Waals surface area contributed by atoms with Crippen LogP contribution in [0.5, 0.6) is 5.75 Å². The second kappa shape index (κ2) is 10.9. The molecule has 0 bridgehead atoms. The summed E-state index contributed by atoms with van der Waals surface area (Å²) in [4.78, 5) is 42.4. The molecule has 1 aromatic carbocycles. The third-order valence-electron chi connectivity index (χ3n) is 3.35. The molecule has 8 nitrogen and oxygen atoms in total. The van der Waals surface area contributed by atoms with Crippen molar-refractivity contribution in [1.29, 1.82) is 0 Å². The van der Waals surface area contributed by atoms with Crippen LogP contribution in [0.15, 0.2) is 52.9 Å². The van der Waals surface area contributed by atoms with Crippen molar-refractivity contribution in [3.05, 3.63) is 59.0 Å². The van der Waals surface area contributed by atoms with Crippen LogP contribution >= 0.6 is 11.8 Å². The lowest BCUT2D eigenvalue weighted by Gasteiger charge is -2.07. The van der Waals surface area contributed by atoms with Crippen LogP contribution in [-0.4, -0.2) is 40.7 Å². The summed E-state index contributed by atoms with van der Waals surface area (Å²) in [5, 5.41) is 5.66. The normalized spacial score (nSPS) is 10.2. The number of aromatic amines is 1. The second-order valence-corrected chi connectivity index (χ2v) is 6.57. The van der Waals surface area contributed by atoms with Crippen molar-refractivity contribution < 1.29 is 14.3 Å². The molecule has 148 valence electrons. The minimum Gasteiger partial charge on any atom is -0.494 e. The number of aromatic nitrogens is 2. The first-order valence-corrected chi connectivity index (χ1v) is 9.62. The number of rotatable bonds is 10. The minimum absolute atomic E-state index is 0.0241. The Morgan fingerprint density at radius 3 is 2.71 bits per heavy atom. The number of hydrogen-bond donors (Lipinski definition) is 3. The molecule has 2 rings (SSSR count). The Balaban J connectivity index is 1.90. The maximum atomic E-state index is 12.1. The molecule has 1 heterocycles. The topological polar surface area (TPSA) is 113 Å². The third-order valence-corrected chi connectivity index (χ3v) is 4.22. The van der Waals surface area contributed by atoms with Gasteiger partial charge >= 0.3 is 0 Å². The first kappa shape index (κ1) is 21.2. The van der Waals surface area contributed by atoms with Crippen LogP contribution in [-0.2, 0) is 16.0 Å². The summed E-state index contributed by atoms with van der Waals surface area (Å²) in [7, 11) is 0. The number of nitrogens with one attached hydrogen (secondary N) is 3. The Hall–Kier alpha value is -3.07. The van der Waals surface area contributed by atoms with Gasteiger partial charge in [-0.1, -0.05) is 17.8 Å². The molecule has 0 spiro atoms. The summed E-state index contributed by atoms with van der Waals surface area (Å²) in [5.74, 6) is 0.279. The number of anilines is 1. The molecular weight excluding hydrogens is 380 g/mol. The van der Waals surface area contributed by atoms with Crippen LogP contribution in [0.1, 0.15) is 12.6 Å². The average molecular weight is 402 g/mol. The fourth-order valence-corrected chi connectivity index (χ4v) is 2.88. The highest BCUT2D eigenvalue weighted by Gasteiger charge is 2.09. The van der Waals surface area contributed by atoms with Gasteiger partial charge in [0.05, 0.1) is 24.5 Å². The largest absolute Gasteiger partial charge is 0.494 e. The molecule has 28 heavy (non-hydrogen) atoms. The lowest BCUT2D eigenvalue weighted by Crippen LogP contribution is -2.26. The summed E-state index contributed by atoms with van der Waals surface area (Å²) in [5.41, 5.74) is 0.596. The number of carbonyl (C=O) groups is 2. The number of H-pyrrole nitrogens is 1. The Morgan fingerprint density at radius 2 is 2.04 bits per heavy atom. The van der Waals surface area contributed by atoms with Gasteiger partial charge in [-0.05, 0) is 31.2 Å². The number of ether oxygens (including phenoxy) is 1. The maximum Gasteiger partial charge on any atom is 0.251 e. The molecule has 0 unspecified atom stereocenters. The first-order chi connectivity index (χ1) is 13.5. The summed E-state index contributed by atoms with van der Waals surface area (Å²) in [6.07, 6.45) is 1.54. The van der Waals surface area contributed by atoms with E-state index in [2.05, 4.69) is 27.2 Å². The first-order valence-electron chi connectivity index (χ1n) is 8.63. The van der Waals surface area contributed by atoms with E-state index >= 15 is 0 Å². The Bertz CT molecular complexity index is 880. The molecule has 1 aromatic heterocycles. The lowest BCUT2D eigenvalue weighted by molar-refractivity contribution is -0.120. The summed E-state index contributed by atoms with van der Waals surface area (Å²) < 4.78 is 5.35. The molecule has 0 radical (unpaired) electrons. The highest BCUT2D eigenvalue weighted by atomic mass is 32.2. The van der Waals surface area contributed by atoms with Gasteiger partial charge in [0.2, 0.25) is 11.8 Å². The predicted octanol–water partition coefficient (Wildman–Crippen LogP) is 1.74. The van der Waals surface area contributed by atoms with E-state index in [1.165, 1.54) is 6.07 Å². The lowest BCUT2D eigenvalue weighted by atomic mass is 10.3. The summed E-state index contributed by atoms with van der Waals surface area (Å²) in [6, 6.07) is 8.29. The Morgan fingerprint density at radius 1 is 1.29 bits per heavy atom. The van der Waals surface area contributed by atoms with Gasteiger partial charge in [-0.15, -0.1) is 6.58 Å². The monoisotopic (exact) mass is 402 g/mol. The predicted molar refractivity (Wildman–Crippen MR) is 109 cm³/mol. The maximum absolute atomic E-state index is 12.1. The van der Waals surface area contributed by atoms with Gasteiger partial charge in [0.1, 0.15) is 5.75 Å². The second-order valence-electron chi connectivity index (χ2n) is 5.61. The van der Waals surface area contributed by atoms with Crippen molar-refractivity contribution >= 4 is 29.3 Å². The number of nitrogens with zero attached hydrogens (tertiary/aromatic N) is 1. The number of thioether (sulfide) groups is 1. The molecule has 0 aliphatic heterocycles. The van der Waals surface area contributed by atoms with E-state index in [4.69, 9.17) is 4.74 Å². The fourth-order valence-electron chi connectivity index (χ4n) is 2.19. The molecular formula is C19H22N4O4S. The van der Waals surface area contributed by atoms with Crippen LogP contribution in [0.3, 0.4) is 0 Å². The van der Waals surface area contributed by atoms with E-state index in [1.54, 1.807) is 30.3 Å². The highest BCUT2D eigenvalue weighted by Crippen LogP contribution is 2.17. The molecule has 0 fully saturated rings. The molecule has 0 atom stereocenters. The Labute approximate surface area is 166 Å². The van der Waals surface area contributed by atoms with Crippen LogP contribution < -0.4 is 20.9 Å². The van der Waals surface area contributed by atoms with Crippen molar-refractivity contribution in [2.24, 2.45) is 0 Å². The van der Waals surface area contributed by atoms with E-state index < -0.39 is 0 Å². The van der Waals surface area contributed by atoms with Crippen LogP contribution in [0, 0.1) is 0 Å². The van der Waals surface area contributed by atoms with Crippen LogP contribution in [0.2, 0.25) is 0 Å². The molecule has 2 amide bonds. The Kier molecular flexibility index (Phi) is 8.29. The van der Waals surface area contributed by atoms with Gasteiger partial charge in [-0.25, -0.2) is 4.98 Å². The van der Waals surface area contributed by atoms with Gasteiger partial charge in [0.15, 0.2) is 5.16 Å². The standard InChI is InChI=1S/C19H22N4O4S/c1-3-9-20-16(24)10-14-11-17(25)23-19(22-14)28-12-18(26)21-13-5-7-15(8-6-13)27-4-2/h3,5-8,11H,1,4,9-10,12H2,2H3,(H,20,24)(H,21,26)(H,22,23,25). The minimum atomic E-state index is -0.379. The zero-order valence-corrected chi connectivity index (χ0v) is 16.3. The number of benzene rings is 1. The van der Waals surface area contributed by atoms with Gasteiger partial charge in [0, 0.05) is 18.3 Å². The zero-order chi connectivity index (χ0) is 20.4. The van der Waals surface area contributed by atoms with E-state index in [0.717, 1.165) is 17.5 Å². The van der Waals surface area contributed by atoms with Crippen molar-refractivity contribution in [3.63, 3.8) is 0 Å². The fraction of sp³-hybridized carbons (Fsp3) is 0.263. The number of carbonyl (C=O) groups excluding carboxylic acids is 2. The zero-order valence-electron chi connectivity index (χ0n) is 15.5. The van der Waals surface area contributed by atoms with E-state index in [-0.39, 0.29) is 34.7 Å². The molecule has 0 aliphatic carbocycles. The van der Waals surface area contributed by atoms with Crippen molar-refractivity contribution in [1.82, 2.24) is 15.3 Å². The molecule has 0 saturated carbocycles. The third kappa shape index (κ3) is 7.28. The average Bonchev–Trinajstić information content (AvgIpc) is 2.66. The quantitative estimate of drug-likeness (QED) is 0.317. The molecule has 0 aliphatic rings. The van der Waals surface area contributed by atoms with Crippen molar-refractivity contribution in [3.8, 4) is 5.75 Å². The van der Waals surface area contributed by atoms with Crippen LogP contribution in [0.25, 0.3) is 0 Å². The summed E-state index contributed by atoms with van der Waals surface area (Å²) >= 11 is 1.08. The number of amides is 2. The smallest absolute Gasteiger partial charge is 0.251 e. The van der Waals surface area contributed by atoms with Crippen molar-refractivity contribution in [2.75, 3.05) is 24.2 Å². The SMILES string of the molecule is C=CCNC(=O)Cc1cc(=O)[nH]c(SCC(=O)Nc2ccc(OCC)cc2)n1. The number of hydrogen-bond acceptors (Lipinski definition) is 6. The summed E-state index contributed by atoms with van der Waals surface area (Å²) in [6.45, 7) is 6.33. The van der Waals surface area contributed by atoms with Gasteiger partial charge in [0.25, 0.3) is 5.56 Å². The highest BCUT2D eigenvalue weighted by molar-refractivity contribution is 7.99. The van der Waals surface area contributed by atoms with Gasteiger partial charge < -0.3 is 20.4 Å². The molecule has 3 N–H and O–H groups in total.